The molecular weight excluding hydrogens is 762 g/mol. The summed E-state index contributed by atoms with van der Waals surface area (Å²) in [4.78, 5) is 34.9. The molecule has 0 saturated carbocycles. The monoisotopic (exact) mass is 852 g/mol. The minimum absolute atomic E-state index is 0.0461. The normalized spacial score (nSPS) is 13.6. The van der Waals surface area contributed by atoms with Gasteiger partial charge in [-0.3, -0.25) is 18.6 Å². The predicted octanol–water partition coefficient (Wildman–Crippen LogP) is 14.3. The topological polar surface area (TPSA) is 134 Å². The molecule has 3 N–H and O–H groups in total. The lowest BCUT2D eigenvalue weighted by atomic mass is 10.0. The average molecular weight is 852 g/mol. The van der Waals surface area contributed by atoms with E-state index >= 15 is 0 Å². The van der Waals surface area contributed by atoms with E-state index in [1.807, 2.05) is 0 Å². The SMILES string of the molecule is CCCCC/C=C\C/C=C\C/C=C\C/C=C\CCCC(=O)OC[C@H](COP(=O)(O)OCCN)OC(=O)CCCCCCCCCCCCCCCCCCCCCCC. The number of hydrogen-bond donors (Lipinski definition) is 2. The number of ether oxygens (including phenoxy) is 2. The molecule has 0 aliphatic heterocycles. The molecule has 0 aromatic carbocycles. The molecule has 0 bridgehead atoms. The lowest BCUT2D eigenvalue weighted by Crippen LogP contribution is -2.29. The second-order valence-electron chi connectivity index (χ2n) is 16.0. The second-order valence-corrected chi connectivity index (χ2v) is 17.4. The summed E-state index contributed by atoms with van der Waals surface area (Å²) in [7, 11) is -4.39. The number of allylic oxidation sites excluding steroid dienone is 8. The molecule has 0 saturated heterocycles. The van der Waals surface area contributed by atoms with Gasteiger partial charge in [0, 0.05) is 19.4 Å². The number of rotatable bonds is 45. The molecule has 0 amide bonds. The minimum Gasteiger partial charge on any atom is -0.462 e. The molecule has 2 atom stereocenters. The van der Waals surface area contributed by atoms with Gasteiger partial charge in [-0.1, -0.05) is 204 Å². The van der Waals surface area contributed by atoms with Crippen LogP contribution in [0.4, 0.5) is 0 Å². The summed E-state index contributed by atoms with van der Waals surface area (Å²) >= 11 is 0. The standard InChI is InChI=1S/C49H90NO8P/c1-3-5-7-9-11-13-15-17-19-21-22-23-24-26-28-30-32-34-36-38-40-42-49(52)58-47(46-57-59(53,54)56-44-43-50)45-55-48(51)41-39-37-35-33-31-29-27-25-20-18-16-14-12-10-8-6-4-2/h12,14,18,20,27,29,33,35,47H,3-11,13,15-17,19,21-26,28,30-32,34,36-46,50H2,1-2H3,(H,53,54)/b14-12-,20-18-,29-27-,35-33-/t47-/m1/s1. The van der Waals surface area contributed by atoms with Crippen molar-refractivity contribution < 1.29 is 37.6 Å². The fraction of sp³-hybridized carbons (Fsp3) is 0.796. The Bertz CT molecular complexity index is 1110. The number of carbonyl (C=O) groups excluding carboxylic acids is 2. The van der Waals surface area contributed by atoms with Crippen molar-refractivity contribution in [3.63, 3.8) is 0 Å². The Morgan fingerprint density at radius 2 is 0.898 bits per heavy atom. The third-order valence-corrected chi connectivity index (χ3v) is 11.2. The molecule has 344 valence electrons. The molecule has 59 heavy (non-hydrogen) atoms. The van der Waals surface area contributed by atoms with Crippen molar-refractivity contribution in [2.24, 2.45) is 5.73 Å². The number of esters is 2. The fourth-order valence-electron chi connectivity index (χ4n) is 6.63. The van der Waals surface area contributed by atoms with Crippen LogP contribution in [0, 0.1) is 0 Å². The molecule has 0 aliphatic rings. The molecule has 0 rings (SSSR count). The van der Waals surface area contributed by atoms with E-state index in [9.17, 15) is 19.0 Å². The molecule has 0 heterocycles. The average Bonchev–Trinajstić information content (AvgIpc) is 3.22. The Kier molecular flexibility index (Phi) is 43.9. The van der Waals surface area contributed by atoms with Crippen LogP contribution < -0.4 is 5.73 Å². The molecule has 0 aliphatic carbocycles. The maximum Gasteiger partial charge on any atom is 0.472 e. The van der Waals surface area contributed by atoms with Crippen molar-refractivity contribution in [3.8, 4) is 0 Å². The van der Waals surface area contributed by atoms with Gasteiger partial charge in [-0.25, -0.2) is 4.57 Å². The summed E-state index contributed by atoms with van der Waals surface area (Å²) in [6.07, 6.45) is 53.0. The summed E-state index contributed by atoms with van der Waals surface area (Å²) < 4.78 is 32.8. The number of hydrogen-bond acceptors (Lipinski definition) is 8. The zero-order chi connectivity index (χ0) is 43.2. The van der Waals surface area contributed by atoms with E-state index in [4.69, 9.17) is 24.3 Å². The number of phosphoric ester groups is 1. The maximum absolute atomic E-state index is 12.6. The smallest absolute Gasteiger partial charge is 0.462 e. The van der Waals surface area contributed by atoms with Gasteiger partial charge in [0.25, 0.3) is 0 Å². The highest BCUT2D eigenvalue weighted by Gasteiger charge is 2.26. The van der Waals surface area contributed by atoms with E-state index in [1.165, 1.54) is 135 Å². The molecule has 0 aromatic heterocycles. The maximum atomic E-state index is 12.6. The first-order valence-electron chi connectivity index (χ1n) is 24.1. The highest BCUT2D eigenvalue weighted by molar-refractivity contribution is 7.47. The highest BCUT2D eigenvalue weighted by atomic mass is 31.2. The van der Waals surface area contributed by atoms with Gasteiger partial charge in [-0.05, 0) is 51.4 Å². The molecule has 10 heteroatoms. The van der Waals surface area contributed by atoms with E-state index in [0.717, 1.165) is 44.9 Å². The van der Waals surface area contributed by atoms with Crippen LogP contribution in [0.25, 0.3) is 0 Å². The molecule has 1 unspecified atom stereocenters. The minimum atomic E-state index is -4.39. The third-order valence-electron chi connectivity index (χ3n) is 10.2. The van der Waals surface area contributed by atoms with Crippen LogP contribution in [0.5, 0.6) is 0 Å². The van der Waals surface area contributed by atoms with Crippen molar-refractivity contribution in [1.29, 1.82) is 0 Å². The van der Waals surface area contributed by atoms with Crippen molar-refractivity contribution in [1.82, 2.24) is 0 Å². The summed E-state index contributed by atoms with van der Waals surface area (Å²) in [5.74, 6) is -0.888. The molecule has 0 aromatic rings. The molecule has 9 nitrogen and oxygen atoms in total. The lowest BCUT2D eigenvalue weighted by molar-refractivity contribution is -0.161. The van der Waals surface area contributed by atoms with Gasteiger partial charge in [0.1, 0.15) is 6.61 Å². The van der Waals surface area contributed by atoms with Crippen LogP contribution in [0.15, 0.2) is 48.6 Å². The quantitative estimate of drug-likeness (QED) is 0.0266. The van der Waals surface area contributed by atoms with Gasteiger partial charge in [0.05, 0.1) is 13.2 Å². The van der Waals surface area contributed by atoms with E-state index in [0.29, 0.717) is 12.8 Å². The third kappa shape index (κ3) is 45.3. The second kappa shape index (κ2) is 45.5. The Hall–Kier alpha value is -2.03. The van der Waals surface area contributed by atoms with Gasteiger partial charge < -0.3 is 20.1 Å². The van der Waals surface area contributed by atoms with Crippen LogP contribution in [0.2, 0.25) is 0 Å². The molecule has 0 fully saturated rings. The van der Waals surface area contributed by atoms with Gasteiger partial charge >= 0.3 is 19.8 Å². The Balaban J connectivity index is 4.13. The van der Waals surface area contributed by atoms with Crippen molar-refractivity contribution in [2.45, 2.75) is 225 Å². The first-order chi connectivity index (χ1) is 28.8. The molecule has 0 radical (unpaired) electrons. The highest BCUT2D eigenvalue weighted by Crippen LogP contribution is 2.43. The van der Waals surface area contributed by atoms with E-state index in [2.05, 4.69) is 62.5 Å². The Morgan fingerprint density at radius 1 is 0.508 bits per heavy atom. The predicted molar refractivity (Wildman–Crippen MR) is 247 cm³/mol. The number of phosphoric acid groups is 1. The van der Waals surface area contributed by atoms with Gasteiger partial charge in [0.15, 0.2) is 6.10 Å². The summed E-state index contributed by atoms with van der Waals surface area (Å²) in [5, 5.41) is 0. The van der Waals surface area contributed by atoms with Crippen LogP contribution >= 0.6 is 7.82 Å². The zero-order valence-corrected chi connectivity index (χ0v) is 38.9. The number of nitrogens with two attached hydrogens (primary N) is 1. The van der Waals surface area contributed by atoms with Crippen molar-refractivity contribution in [2.75, 3.05) is 26.4 Å². The van der Waals surface area contributed by atoms with E-state index < -0.39 is 32.5 Å². The summed E-state index contributed by atoms with van der Waals surface area (Å²) in [6.45, 7) is 3.67. The van der Waals surface area contributed by atoms with Gasteiger partial charge in [0.2, 0.25) is 0 Å². The fourth-order valence-corrected chi connectivity index (χ4v) is 7.39. The Morgan fingerprint density at radius 3 is 1.36 bits per heavy atom. The zero-order valence-electron chi connectivity index (χ0n) is 38.0. The van der Waals surface area contributed by atoms with E-state index in [-0.39, 0.29) is 32.6 Å². The first kappa shape index (κ1) is 57.0. The van der Waals surface area contributed by atoms with Crippen molar-refractivity contribution >= 4 is 19.8 Å². The van der Waals surface area contributed by atoms with Crippen molar-refractivity contribution in [3.05, 3.63) is 48.6 Å². The van der Waals surface area contributed by atoms with E-state index in [1.54, 1.807) is 0 Å². The summed E-state index contributed by atoms with van der Waals surface area (Å²) in [5.41, 5.74) is 5.36. The number of unbranched alkanes of at least 4 members (excludes halogenated alkanes) is 24. The molecular formula is C49H90NO8P. The summed E-state index contributed by atoms with van der Waals surface area (Å²) in [6, 6.07) is 0. The largest absolute Gasteiger partial charge is 0.472 e. The first-order valence-corrected chi connectivity index (χ1v) is 25.6. The van der Waals surface area contributed by atoms with Crippen LogP contribution in [0.1, 0.15) is 219 Å². The van der Waals surface area contributed by atoms with Crippen LogP contribution in [-0.4, -0.2) is 49.3 Å². The van der Waals surface area contributed by atoms with Gasteiger partial charge in [-0.2, -0.15) is 0 Å². The molecule has 0 spiro atoms. The van der Waals surface area contributed by atoms with Crippen LogP contribution in [-0.2, 0) is 32.7 Å². The number of carbonyl (C=O) groups is 2. The Labute approximate surface area is 362 Å². The lowest BCUT2D eigenvalue weighted by Gasteiger charge is -2.19. The van der Waals surface area contributed by atoms with Gasteiger partial charge in [-0.15, -0.1) is 0 Å². The van der Waals surface area contributed by atoms with Crippen LogP contribution in [0.3, 0.4) is 0 Å².